The van der Waals surface area contributed by atoms with Gasteiger partial charge in [0.2, 0.25) is 5.78 Å². The van der Waals surface area contributed by atoms with Crippen LogP contribution in [0.3, 0.4) is 0 Å². The molecule has 0 saturated carbocycles. The number of aliphatic hydroxyl groups is 1. The molecule has 0 aliphatic heterocycles. The van der Waals surface area contributed by atoms with Crippen LogP contribution in [0.25, 0.3) is 0 Å². The van der Waals surface area contributed by atoms with Crippen molar-refractivity contribution >= 4 is 11.6 Å². The molecule has 1 aliphatic rings. The van der Waals surface area contributed by atoms with E-state index in [9.17, 15) is 24.9 Å². The number of aliphatic hydroxyl groups excluding tert-OH is 1. The number of carbonyl (C=O) groups is 2. The first-order valence-corrected chi connectivity index (χ1v) is 7.37. The molecule has 6 heteroatoms. The topological polar surface area (TPSA) is 104 Å². The predicted molar refractivity (Wildman–Crippen MR) is 85.0 cm³/mol. The summed E-state index contributed by atoms with van der Waals surface area (Å²) in [5.41, 5.74) is 0.545. The van der Waals surface area contributed by atoms with Crippen molar-refractivity contribution in [1.29, 1.82) is 0 Å². The molecule has 0 amide bonds. The van der Waals surface area contributed by atoms with Gasteiger partial charge >= 0.3 is 0 Å². The summed E-state index contributed by atoms with van der Waals surface area (Å²) < 4.78 is 5.10. The molecular formula is C18H16O6. The Labute approximate surface area is 137 Å². The molecule has 2 aromatic carbocycles. The van der Waals surface area contributed by atoms with Crippen molar-refractivity contribution in [1.82, 2.24) is 0 Å². The minimum absolute atomic E-state index is 0.0198. The van der Waals surface area contributed by atoms with Crippen molar-refractivity contribution in [2.45, 2.75) is 19.4 Å². The number of methoxy groups -OCH3 is 1. The molecule has 0 fully saturated rings. The van der Waals surface area contributed by atoms with Gasteiger partial charge in [0.05, 0.1) is 24.3 Å². The molecule has 124 valence electrons. The van der Waals surface area contributed by atoms with Crippen molar-refractivity contribution in [3.05, 3.63) is 52.1 Å². The number of fused-ring (bicyclic) bond motifs is 2. The molecule has 0 heterocycles. The highest BCUT2D eigenvalue weighted by Crippen LogP contribution is 2.39. The van der Waals surface area contributed by atoms with Gasteiger partial charge < -0.3 is 20.1 Å². The number of hydrogen-bond acceptors (Lipinski definition) is 6. The van der Waals surface area contributed by atoms with Crippen LogP contribution in [0.2, 0.25) is 0 Å². The normalized spacial score (nSPS) is 14.1. The van der Waals surface area contributed by atoms with Gasteiger partial charge in [0.1, 0.15) is 17.2 Å². The number of carbonyl (C=O) groups excluding carboxylic acids is 2. The van der Waals surface area contributed by atoms with E-state index in [1.54, 1.807) is 6.92 Å². The molecule has 0 bridgehead atoms. The maximum absolute atomic E-state index is 12.8. The molecule has 0 saturated heterocycles. The summed E-state index contributed by atoms with van der Waals surface area (Å²) in [7, 11) is 1.33. The van der Waals surface area contributed by atoms with E-state index in [4.69, 9.17) is 4.74 Å². The number of hydrogen-bond donors (Lipinski definition) is 3. The molecule has 0 unspecified atom stereocenters. The van der Waals surface area contributed by atoms with Crippen LogP contribution < -0.4 is 4.74 Å². The number of ketones is 2. The molecule has 0 spiro atoms. The Morgan fingerprint density at radius 2 is 1.67 bits per heavy atom. The molecular weight excluding hydrogens is 312 g/mol. The van der Waals surface area contributed by atoms with E-state index in [-0.39, 0.29) is 45.9 Å². The van der Waals surface area contributed by atoms with E-state index in [2.05, 4.69) is 0 Å². The Balaban J connectivity index is 2.25. The number of phenols is 2. The molecule has 0 aromatic heterocycles. The Hall–Kier alpha value is -2.86. The van der Waals surface area contributed by atoms with Gasteiger partial charge in [-0.05, 0) is 37.1 Å². The molecule has 2 aromatic rings. The summed E-state index contributed by atoms with van der Waals surface area (Å²) >= 11 is 0. The van der Waals surface area contributed by atoms with E-state index in [0.29, 0.717) is 5.56 Å². The molecule has 6 nitrogen and oxygen atoms in total. The number of rotatable bonds is 3. The van der Waals surface area contributed by atoms with E-state index >= 15 is 0 Å². The summed E-state index contributed by atoms with van der Waals surface area (Å²) in [6.45, 7) is 1.58. The van der Waals surface area contributed by atoms with Crippen molar-refractivity contribution < 1.29 is 29.6 Å². The zero-order valence-corrected chi connectivity index (χ0v) is 13.2. The fourth-order valence-electron chi connectivity index (χ4n) is 3.01. The van der Waals surface area contributed by atoms with Crippen LogP contribution in [0.5, 0.6) is 17.2 Å². The maximum Gasteiger partial charge on any atom is 0.201 e. The largest absolute Gasteiger partial charge is 0.508 e. The number of aromatic hydroxyl groups is 2. The Morgan fingerprint density at radius 3 is 2.29 bits per heavy atom. The molecule has 0 radical (unpaired) electrons. The Bertz CT molecular complexity index is 866. The first-order valence-electron chi connectivity index (χ1n) is 7.37. The average molecular weight is 328 g/mol. The lowest BCUT2D eigenvalue weighted by Gasteiger charge is -2.21. The molecule has 3 rings (SSSR count). The standard InChI is InChI=1S/C18H16O6/c1-8(19)3-9-4-11-15(13(21)5-9)18(23)16-12(17(11)22)6-10(20)7-14(16)24-2/h4-8,19-21H,3H2,1-2H3/t8-/m1/s1. The lowest BCUT2D eigenvalue weighted by atomic mass is 9.81. The highest BCUT2D eigenvalue weighted by molar-refractivity contribution is 6.30. The first-order chi connectivity index (χ1) is 11.3. The van der Waals surface area contributed by atoms with Crippen molar-refractivity contribution in [2.24, 2.45) is 0 Å². The van der Waals surface area contributed by atoms with E-state index < -0.39 is 17.7 Å². The minimum atomic E-state index is -0.659. The summed E-state index contributed by atoms with van der Waals surface area (Å²) in [5.74, 6) is -1.47. The van der Waals surface area contributed by atoms with Gasteiger partial charge in [0.25, 0.3) is 0 Å². The van der Waals surface area contributed by atoms with Gasteiger partial charge in [0, 0.05) is 17.2 Å². The third-order valence-corrected chi connectivity index (χ3v) is 3.96. The molecule has 3 N–H and O–H groups in total. The van der Waals surface area contributed by atoms with Crippen LogP contribution in [0.4, 0.5) is 0 Å². The van der Waals surface area contributed by atoms with Gasteiger partial charge in [-0.1, -0.05) is 0 Å². The van der Waals surface area contributed by atoms with Crippen molar-refractivity contribution in [2.75, 3.05) is 7.11 Å². The lowest BCUT2D eigenvalue weighted by molar-refractivity contribution is 0.0973. The average Bonchev–Trinajstić information content (AvgIpc) is 2.50. The predicted octanol–water partition coefficient (Wildman–Crippen LogP) is 1.81. The third-order valence-electron chi connectivity index (χ3n) is 3.96. The van der Waals surface area contributed by atoms with Gasteiger partial charge in [-0.25, -0.2) is 0 Å². The molecule has 24 heavy (non-hydrogen) atoms. The van der Waals surface area contributed by atoms with Gasteiger partial charge in [-0.3, -0.25) is 9.59 Å². The van der Waals surface area contributed by atoms with Crippen molar-refractivity contribution in [3.8, 4) is 17.2 Å². The zero-order chi connectivity index (χ0) is 17.6. The maximum atomic E-state index is 12.8. The minimum Gasteiger partial charge on any atom is -0.508 e. The number of phenolic OH excluding ortho intramolecular Hbond substituents is 2. The van der Waals surface area contributed by atoms with Crippen LogP contribution in [0.1, 0.15) is 44.3 Å². The Morgan fingerprint density at radius 1 is 1.00 bits per heavy atom. The zero-order valence-electron chi connectivity index (χ0n) is 13.2. The van der Waals surface area contributed by atoms with E-state index in [0.717, 1.165) is 0 Å². The second kappa shape index (κ2) is 5.65. The Kier molecular flexibility index (Phi) is 3.77. The van der Waals surface area contributed by atoms with E-state index in [1.165, 1.54) is 31.4 Å². The number of benzene rings is 2. The molecule has 1 aliphatic carbocycles. The van der Waals surface area contributed by atoms with E-state index in [1.807, 2.05) is 0 Å². The highest BCUT2D eigenvalue weighted by Gasteiger charge is 2.35. The summed E-state index contributed by atoms with van der Waals surface area (Å²) in [4.78, 5) is 25.5. The number of ether oxygens (including phenoxy) is 1. The lowest BCUT2D eigenvalue weighted by Crippen LogP contribution is -2.22. The van der Waals surface area contributed by atoms with Crippen molar-refractivity contribution in [3.63, 3.8) is 0 Å². The molecule has 1 atom stereocenters. The quantitative estimate of drug-likeness (QED) is 0.677. The summed E-state index contributed by atoms with van der Waals surface area (Å²) in [5, 5.41) is 29.5. The summed E-state index contributed by atoms with van der Waals surface area (Å²) in [6.07, 6.45) is -0.424. The smallest absolute Gasteiger partial charge is 0.201 e. The fraction of sp³-hybridized carbons (Fsp3) is 0.222. The van der Waals surface area contributed by atoms with Gasteiger partial charge in [-0.2, -0.15) is 0 Å². The third kappa shape index (κ3) is 2.41. The summed E-state index contributed by atoms with van der Waals surface area (Å²) in [6, 6.07) is 5.31. The second-order valence-corrected chi connectivity index (χ2v) is 5.82. The van der Waals surface area contributed by atoms with Crippen LogP contribution in [-0.2, 0) is 6.42 Å². The van der Waals surface area contributed by atoms with Crippen LogP contribution in [0, 0.1) is 0 Å². The van der Waals surface area contributed by atoms with Crippen LogP contribution in [0.15, 0.2) is 24.3 Å². The SMILES string of the molecule is COc1cc(O)cc2c1C(=O)c1c(O)cc(C[C@@H](C)O)cc1C2=O. The monoisotopic (exact) mass is 328 g/mol. The first kappa shape index (κ1) is 16.0. The van der Waals surface area contributed by atoms with Crippen LogP contribution in [-0.4, -0.2) is 40.1 Å². The van der Waals surface area contributed by atoms with Gasteiger partial charge in [0.15, 0.2) is 5.78 Å². The fourth-order valence-corrected chi connectivity index (χ4v) is 3.01. The highest BCUT2D eigenvalue weighted by atomic mass is 16.5. The van der Waals surface area contributed by atoms with Gasteiger partial charge in [-0.15, -0.1) is 0 Å². The second-order valence-electron chi connectivity index (χ2n) is 5.82. The van der Waals surface area contributed by atoms with Crippen LogP contribution >= 0.6 is 0 Å².